The molecule has 0 rings (SSSR count). The molecule has 4 nitrogen and oxygen atoms in total. The van der Waals surface area contributed by atoms with Crippen molar-refractivity contribution in [2.24, 2.45) is 0 Å². The average molecular weight is 407 g/mol. The molecule has 1 atom stereocenters. The Bertz CT molecular complexity index is 395. The summed E-state index contributed by atoms with van der Waals surface area (Å²) in [5.41, 5.74) is 0. The first kappa shape index (κ1) is 26.9. The summed E-state index contributed by atoms with van der Waals surface area (Å²) >= 11 is 0. The summed E-state index contributed by atoms with van der Waals surface area (Å²) in [4.78, 5) is 0. The van der Waals surface area contributed by atoms with E-state index in [1.165, 1.54) is 77.0 Å². The summed E-state index contributed by atoms with van der Waals surface area (Å²) in [6, 6.07) is 0. The molecular weight excluding hydrogens is 360 g/mol. The summed E-state index contributed by atoms with van der Waals surface area (Å²) in [6.07, 6.45) is 21.5. The molecule has 1 unspecified atom stereocenters. The highest BCUT2D eigenvalue weighted by Gasteiger charge is 2.21. The third-order valence-electron chi connectivity index (χ3n) is 5.49. The fraction of sp³-hybridized carbons (Fsp3) is 1.00. The van der Waals surface area contributed by atoms with Gasteiger partial charge in [0.05, 0.1) is 5.25 Å². The van der Waals surface area contributed by atoms with Crippen LogP contribution in [-0.2, 0) is 10.1 Å². The second-order valence-electron chi connectivity index (χ2n) is 8.09. The number of aliphatic hydroxyl groups is 1. The first-order valence-electron chi connectivity index (χ1n) is 11.6. The number of rotatable bonds is 21. The van der Waals surface area contributed by atoms with Gasteiger partial charge < -0.3 is 5.11 Å². The lowest BCUT2D eigenvalue weighted by molar-refractivity contribution is 0.282. The molecule has 27 heavy (non-hydrogen) atoms. The number of hydrogen-bond acceptors (Lipinski definition) is 3. The highest BCUT2D eigenvalue weighted by molar-refractivity contribution is 7.86. The molecule has 0 saturated carbocycles. The van der Waals surface area contributed by atoms with Crippen LogP contribution in [0.2, 0.25) is 0 Å². The van der Waals surface area contributed by atoms with E-state index in [0.717, 1.165) is 32.1 Å². The molecule has 0 aromatic heterocycles. The zero-order valence-electron chi connectivity index (χ0n) is 17.8. The Morgan fingerprint density at radius 3 is 1.26 bits per heavy atom. The van der Waals surface area contributed by atoms with Gasteiger partial charge in [-0.1, -0.05) is 110 Å². The van der Waals surface area contributed by atoms with Gasteiger partial charge >= 0.3 is 0 Å². The maximum Gasteiger partial charge on any atom is 0.267 e. The van der Waals surface area contributed by atoms with E-state index in [9.17, 15) is 13.0 Å². The van der Waals surface area contributed by atoms with E-state index in [2.05, 4.69) is 0 Å². The van der Waals surface area contributed by atoms with Crippen LogP contribution in [0.5, 0.6) is 0 Å². The Kier molecular flexibility index (Phi) is 19.1. The van der Waals surface area contributed by atoms with E-state index in [-0.39, 0.29) is 0 Å². The van der Waals surface area contributed by atoms with Gasteiger partial charge in [-0.3, -0.25) is 4.55 Å². The molecule has 0 aliphatic heterocycles. The second-order valence-corrected chi connectivity index (χ2v) is 9.79. The predicted octanol–water partition coefficient (Wildman–Crippen LogP) is 6.67. The molecule has 2 N–H and O–H groups in total. The molecule has 0 bridgehead atoms. The van der Waals surface area contributed by atoms with Crippen LogP contribution >= 0.6 is 0 Å². The van der Waals surface area contributed by atoms with Gasteiger partial charge in [0.1, 0.15) is 0 Å². The number of hydrogen-bond donors (Lipinski definition) is 2. The van der Waals surface area contributed by atoms with Crippen molar-refractivity contribution in [2.75, 3.05) is 6.61 Å². The number of aliphatic hydroxyl groups excluding tert-OH is 1. The Labute approximate surface area is 169 Å². The van der Waals surface area contributed by atoms with Crippen molar-refractivity contribution in [2.45, 2.75) is 134 Å². The Hall–Kier alpha value is -0.130. The monoisotopic (exact) mass is 406 g/mol. The van der Waals surface area contributed by atoms with Gasteiger partial charge in [0.2, 0.25) is 0 Å². The highest BCUT2D eigenvalue weighted by atomic mass is 32.2. The molecule has 0 aromatic rings. The van der Waals surface area contributed by atoms with Crippen molar-refractivity contribution < 1.29 is 18.1 Å². The molecule has 0 heterocycles. The molecule has 0 aromatic carbocycles. The van der Waals surface area contributed by atoms with Gasteiger partial charge in [0.25, 0.3) is 10.1 Å². The maximum atomic E-state index is 11.4. The maximum absolute atomic E-state index is 11.4. The Balaban J connectivity index is 3.35. The number of unbranched alkanes of at least 4 members (excludes halogenated alkanes) is 15. The second kappa shape index (κ2) is 19.2. The van der Waals surface area contributed by atoms with E-state index >= 15 is 0 Å². The SMILES string of the molecule is CCCCC(CCCCCCCCCCCCCCCCCO)S(=O)(=O)O. The third kappa shape index (κ3) is 19.0. The summed E-state index contributed by atoms with van der Waals surface area (Å²) in [5, 5.41) is 8.17. The van der Waals surface area contributed by atoms with Crippen LogP contribution in [0.3, 0.4) is 0 Å². The lowest BCUT2D eigenvalue weighted by Crippen LogP contribution is -2.20. The predicted molar refractivity (Wildman–Crippen MR) is 116 cm³/mol. The molecule has 0 fully saturated rings. The van der Waals surface area contributed by atoms with Crippen molar-refractivity contribution in [3.8, 4) is 0 Å². The van der Waals surface area contributed by atoms with Crippen LogP contribution in [-0.4, -0.2) is 29.9 Å². The topological polar surface area (TPSA) is 74.6 Å². The lowest BCUT2D eigenvalue weighted by Gasteiger charge is -2.13. The summed E-state index contributed by atoms with van der Waals surface area (Å²) < 4.78 is 32.0. The molecule has 0 aliphatic rings. The van der Waals surface area contributed by atoms with Crippen molar-refractivity contribution >= 4 is 10.1 Å². The quantitative estimate of drug-likeness (QED) is 0.165. The van der Waals surface area contributed by atoms with Gasteiger partial charge in [-0.05, 0) is 19.3 Å². The van der Waals surface area contributed by atoms with Crippen LogP contribution in [0.25, 0.3) is 0 Å². The summed E-state index contributed by atoms with van der Waals surface area (Å²) in [5.74, 6) is 0. The molecule has 0 amide bonds. The van der Waals surface area contributed by atoms with Gasteiger partial charge in [-0.15, -0.1) is 0 Å². The summed E-state index contributed by atoms with van der Waals surface area (Å²) in [7, 11) is -3.87. The van der Waals surface area contributed by atoms with Crippen molar-refractivity contribution in [3.05, 3.63) is 0 Å². The van der Waals surface area contributed by atoms with Crippen LogP contribution < -0.4 is 0 Å². The standard InChI is InChI=1S/C22H46O4S/c1-2-3-19-22(27(24,25)26)20-17-15-13-11-9-7-5-4-6-8-10-12-14-16-18-21-23/h22-23H,2-21H2,1H3,(H,24,25,26). The molecule has 0 aliphatic carbocycles. The minimum absolute atomic E-state index is 0.337. The fourth-order valence-electron chi connectivity index (χ4n) is 3.66. The largest absolute Gasteiger partial charge is 0.396 e. The zero-order valence-corrected chi connectivity index (χ0v) is 18.7. The van der Waals surface area contributed by atoms with E-state index < -0.39 is 15.4 Å². The molecule has 0 radical (unpaired) electrons. The Morgan fingerprint density at radius 2 is 0.926 bits per heavy atom. The van der Waals surface area contributed by atoms with Crippen LogP contribution in [0, 0.1) is 0 Å². The summed E-state index contributed by atoms with van der Waals surface area (Å²) in [6.45, 7) is 2.38. The van der Waals surface area contributed by atoms with E-state index in [0.29, 0.717) is 19.4 Å². The van der Waals surface area contributed by atoms with Crippen molar-refractivity contribution in [1.29, 1.82) is 0 Å². The van der Waals surface area contributed by atoms with Crippen LogP contribution in [0.4, 0.5) is 0 Å². The molecular formula is C22H46O4S. The normalized spacial score (nSPS) is 13.1. The minimum atomic E-state index is -3.87. The molecule has 164 valence electrons. The van der Waals surface area contributed by atoms with Gasteiger partial charge in [-0.2, -0.15) is 8.42 Å². The molecule has 0 saturated heterocycles. The first-order chi connectivity index (χ1) is 13.0. The zero-order chi connectivity index (χ0) is 20.2. The third-order valence-corrected chi connectivity index (χ3v) is 6.80. The van der Waals surface area contributed by atoms with Crippen LogP contribution in [0.1, 0.15) is 129 Å². The van der Waals surface area contributed by atoms with Crippen LogP contribution in [0.15, 0.2) is 0 Å². The molecule has 5 heteroatoms. The van der Waals surface area contributed by atoms with Gasteiger partial charge in [0.15, 0.2) is 0 Å². The van der Waals surface area contributed by atoms with Gasteiger partial charge in [-0.25, -0.2) is 0 Å². The smallest absolute Gasteiger partial charge is 0.267 e. The van der Waals surface area contributed by atoms with Crippen molar-refractivity contribution in [3.63, 3.8) is 0 Å². The van der Waals surface area contributed by atoms with E-state index in [1.807, 2.05) is 6.92 Å². The fourth-order valence-corrected chi connectivity index (χ4v) is 4.58. The first-order valence-corrected chi connectivity index (χ1v) is 13.1. The highest BCUT2D eigenvalue weighted by Crippen LogP contribution is 2.18. The average Bonchev–Trinajstić information content (AvgIpc) is 2.62. The van der Waals surface area contributed by atoms with Gasteiger partial charge in [0, 0.05) is 6.61 Å². The van der Waals surface area contributed by atoms with Crippen molar-refractivity contribution in [1.82, 2.24) is 0 Å². The van der Waals surface area contributed by atoms with E-state index in [4.69, 9.17) is 5.11 Å². The Morgan fingerprint density at radius 1 is 0.593 bits per heavy atom. The molecule has 0 spiro atoms. The van der Waals surface area contributed by atoms with E-state index in [1.54, 1.807) is 0 Å². The minimum Gasteiger partial charge on any atom is -0.396 e. The lowest BCUT2D eigenvalue weighted by atomic mass is 10.0.